The molecule has 0 saturated heterocycles. The molecule has 0 radical (unpaired) electrons. The van der Waals surface area contributed by atoms with Crippen LogP contribution in [0.4, 0.5) is 5.69 Å². The normalized spacial score (nSPS) is 12.8. The van der Waals surface area contributed by atoms with Gasteiger partial charge in [0.05, 0.1) is 11.3 Å². The van der Waals surface area contributed by atoms with Gasteiger partial charge in [-0.25, -0.2) is 4.79 Å². The van der Waals surface area contributed by atoms with Gasteiger partial charge in [0.1, 0.15) is 0 Å². The molecule has 1 amide bonds. The van der Waals surface area contributed by atoms with Crippen molar-refractivity contribution in [2.24, 2.45) is 5.92 Å². The molecule has 0 aliphatic rings. The highest BCUT2D eigenvalue weighted by Gasteiger charge is 2.24. The fourth-order valence-electron chi connectivity index (χ4n) is 2.84. The average Bonchev–Trinajstić information content (AvgIpc) is 2.66. The molecule has 8 heteroatoms. The van der Waals surface area contributed by atoms with Crippen molar-refractivity contribution in [2.45, 2.75) is 32.7 Å². The molecule has 0 fully saturated rings. The Kier molecular flexibility index (Phi) is 7.12. The van der Waals surface area contributed by atoms with Crippen LogP contribution in [0.25, 0.3) is 0 Å². The van der Waals surface area contributed by atoms with Gasteiger partial charge >= 0.3 is 5.97 Å². The van der Waals surface area contributed by atoms with Crippen molar-refractivity contribution < 1.29 is 19.6 Å². The number of nitrogens with zero attached hydrogens (tertiary/aromatic N) is 1. The first kappa shape index (κ1) is 21.4. The number of rotatable bonds is 8. The maximum atomic E-state index is 12.8. The summed E-state index contributed by atoms with van der Waals surface area (Å²) in [6, 6.07) is 9.99. The summed E-state index contributed by atoms with van der Waals surface area (Å²) in [5, 5.41) is 23.7. The summed E-state index contributed by atoms with van der Waals surface area (Å²) in [6.07, 6.45) is 1.02. The van der Waals surface area contributed by atoms with Crippen LogP contribution in [0.3, 0.4) is 0 Å². The van der Waals surface area contributed by atoms with Crippen LogP contribution in [0.15, 0.2) is 42.5 Å². The van der Waals surface area contributed by atoms with E-state index >= 15 is 0 Å². The second-order valence-electron chi connectivity index (χ2n) is 6.49. The number of nitro groups is 1. The van der Waals surface area contributed by atoms with Gasteiger partial charge in [-0.1, -0.05) is 30.7 Å². The first-order chi connectivity index (χ1) is 13.2. The van der Waals surface area contributed by atoms with Gasteiger partial charge in [0.2, 0.25) is 11.9 Å². The third-order valence-corrected chi connectivity index (χ3v) is 4.84. The van der Waals surface area contributed by atoms with E-state index in [4.69, 9.17) is 11.6 Å². The smallest absolute Gasteiger partial charge is 0.335 e. The number of carboxylic acid groups (broad SMARTS) is 1. The average molecular weight is 405 g/mol. The summed E-state index contributed by atoms with van der Waals surface area (Å²) in [5.41, 5.74) is 1.28. The number of carbonyl (C=O) groups excluding carboxylic acids is 1. The number of anilines is 1. The lowest BCUT2D eigenvalue weighted by Crippen LogP contribution is -2.25. The summed E-state index contributed by atoms with van der Waals surface area (Å²) in [5.74, 6) is -1.88. The van der Waals surface area contributed by atoms with Crippen molar-refractivity contribution in [1.82, 2.24) is 0 Å². The minimum absolute atomic E-state index is 0.0552. The Hall–Kier alpha value is -2.93. The molecule has 2 aromatic carbocycles. The van der Waals surface area contributed by atoms with Crippen molar-refractivity contribution in [3.05, 3.63) is 74.3 Å². The van der Waals surface area contributed by atoms with Crippen LogP contribution in [0.2, 0.25) is 5.02 Å². The minimum Gasteiger partial charge on any atom is -0.478 e. The first-order valence-electron chi connectivity index (χ1n) is 8.79. The monoisotopic (exact) mass is 404 g/mol. The summed E-state index contributed by atoms with van der Waals surface area (Å²) in [6.45, 7) is 3.25. The predicted octanol–water partition coefficient (Wildman–Crippen LogP) is 4.58. The maximum absolute atomic E-state index is 12.8. The molecule has 2 N–H and O–H groups in total. The molecule has 0 bridgehead atoms. The van der Waals surface area contributed by atoms with Crippen molar-refractivity contribution in [1.29, 1.82) is 0 Å². The fraction of sp³-hybridized carbons (Fsp3) is 0.300. The van der Waals surface area contributed by atoms with E-state index in [-0.39, 0.29) is 28.6 Å². The lowest BCUT2D eigenvalue weighted by Gasteiger charge is -2.18. The molecule has 2 rings (SSSR count). The molecule has 0 heterocycles. The fourth-order valence-corrected chi connectivity index (χ4v) is 2.96. The van der Waals surface area contributed by atoms with Gasteiger partial charge in [0, 0.05) is 28.4 Å². The second-order valence-corrected chi connectivity index (χ2v) is 6.93. The van der Waals surface area contributed by atoms with E-state index in [1.807, 2.05) is 19.1 Å². The molecule has 0 saturated carbocycles. The summed E-state index contributed by atoms with van der Waals surface area (Å²) in [4.78, 5) is 34.7. The predicted molar refractivity (Wildman–Crippen MR) is 106 cm³/mol. The SMILES string of the molecule is CCC(Cc1ccc(Cl)cc1)C(=O)Nc1cc(C(=O)O)ccc1C(C)[N+](=O)[O-]. The highest BCUT2D eigenvalue weighted by atomic mass is 35.5. The quantitative estimate of drug-likeness (QED) is 0.494. The van der Waals surface area contributed by atoms with Gasteiger partial charge in [-0.3, -0.25) is 14.9 Å². The zero-order chi connectivity index (χ0) is 20.8. The molecule has 0 aliphatic carbocycles. The zero-order valence-electron chi connectivity index (χ0n) is 15.5. The van der Waals surface area contributed by atoms with Crippen LogP contribution in [0, 0.1) is 16.0 Å². The van der Waals surface area contributed by atoms with E-state index in [1.165, 1.54) is 25.1 Å². The Balaban J connectivity index is 2.28. The van der Waals surface area contributed by atoms with Crippen LogP contribution >= 0.6 is 11.6 Å². The maximum Gasteiger partial charge on any atom is 0.335 e. The summed E-state index contributed by atoms with van der Waals surface area (Å²) >= 11 is 5.88. The number of carboxylic acids is 1. The summed E-state index contributed by atoms with van der Waals surface area (Å²) < 4.78 is 0. The first-order valence-corrected chi connectivity index (χ1v) is 9.16. The Morgan fingerprint density at radius 1 is 1.21 bits per heavy atom. The number of hydrogen-bond acceptors (Lipinski definition) is 4. The van der Waals surface area contributed by atoms with Gasteiger partial charge in [-0.15, -0.1) is 0 Å². The largest absolute Gasteiger partial charge is 0.478 e. The van der Waals surface area contributed by atoms with E-state index in [9.17, 15) is 24.8 Å². The Labute approximate surface area is 167 Å². The van der Waals surface area contributed by atoms with E-state index in [1.54, 1.807) is 12.1 Å². The third-order valence-electron chi connectivity index (χ3n) is 4.58. The molecule has 2 aromatic rings. The topological polar surface area (TPSA) is 110 Å². The van der Waals surface area contributed by atoms with E-state index in [2.05, 4.69) is 5.32 Å². The lowest BCUT2D eigenvalue weighted by molar-refractivity contribution is -0.524. The zero-order valence-corrected chi connectivity index (χ0v) is 16.3. The highest BCUT2D eigenvalue weighted by Crippen LogP contribution is 2.27. The number of carbonyl (C=O) groups is 2. The van der Waals surface area contributed by atoms with Gasteiger partial charge in [0.25, 0.3) is 0 Å². The number of nitrogens with one attached hydrogen (secondary N) is 1. The Bertz CT molecular complexity index is 883. The number of aromatic carboxylic acids is 1. The molecular formula is C20H21ClN2O5. The van der Waals surface area contributed by atoms with Crippen molar-refractivity contribution in [3.8, 4) is 0 Å². The molecular weight excluding hydrogens is 384 g/mol. The van der Waals surface area contributed by atoms with Gasteiger partial charge in [-0.05, 0) is 48.7 Å². The molecule has 28 heavy (non-hydrogen) atoms. The van der Waals surface area contributed by atoms with Crippen molar-refractivity contribution in [2.75, 3.05) is 5.32 Å². The Morgan fingerprint density at radius 2 is 1.86 bits per heavy atom. The number of halogens is 1. The van der Waals surface area contributed by atoms with Crippen LogP contribution in [0.5, 0.6) is 0 Å². The minimum atomic E-state index is -1.18. The number of hydrogen-bond donors (Lipinski definition) is 2. The Morgan fingerprint density at radius 3 is 2.39 bits per heavy atom. The molecule has 0 aromatic heterocycles. The molecule has 2 atom stereocenters. The number of amides is 1. The van der Waals surface area contributed by atoms with E-state index in [0.717, 1.165) is 5.56 Å². The number of benzene rings is 2. The van der Waals surface area contributed by atoms with Gasteiger partial charge < -0.3 is 10.4 Å². The molecule has 2 unspecified atom stereocenters. The van der Waals surface area contributed by atoms with Crippen molar-refractivity contribution >= 4 is 29.2 Å². The van der Waals surface area contributed by atoms with Crippen molar-refractivity contribution in [3.63, 3.8) is 0 Å². The van der Waals surface area contributed by atoms with Gasteiger partial charge in [0.15, 0.2) is 0 Å². The van der Waals surface area contributed by atoms with Crippen LogP contribution in [-0.2, 0) is 11.2 Å². The molecule has 0 aliphatic heterocycles. The standard InChI is InChI=1S/C20H21ClN2O5/c1-3-14(10-13-4-7-16(21)8-5-13)19(24)22-18-11-15(20(25)26)6-9-17(18)12(2)23(27)28/h4-9,11-12,14H,3,10H2,1-2H3,(H,22,24)(H,25,26). The van der Waals surface area contributed by atoms with Crippen LogP contribution < -0.4 is 5.32 Å². The molecule has 7 nitrogen and oxygen atoms in total. The van der Waals surface area contributed by atoms with E-state index in [0.29, 0.717) is 17.9 Å². The molecule has 148 valence electrons. The van der Waals surface area contributed by atoms with Crippen LogP contribution in [-0.4, -0.2) is 21.9 Å². The highest BCUT2D eigenvalue weighted by molar-refractivity contribution is 6.30. The van der Waals surface area contributed by atoms with E-state index < -0.39 is 16.9 Å². The second kappa shape index (κ2) is 9.32. The lowest BCUT2D eigenvalue weighted by atomic mass is 9.95. The van der Waals surface area contributed by atoms with Gasteiger partial charge in [-0.2, -0.15) is 0 Å². The summed E-state index contributed by atoms with van der Waals surface area (Å²) in [7, 11) is 0. The van der Waals surface area contributed by atoms with Crippen LogP contribution in [0.1, 0.15) is 47.8 Å². The third kappa shape index (κ3) is 5.29. The molecule has 0 spiro atoms.